The van der Waals surface area contributed by atoms with Crippen molar-refractivity contribution in [1.29, 1.82) is 0 Å². The minimum absolute atomic E-state index is 0.203. The number of halogens is 1. The highest BCUT2D eigenvalue weighted by molar-refractivity contribution is 7.12. The lowest BCUT2D eigenvalue weighted by Gasteiger charge is -2.26. The zero-order chi connectivity index (χ0) is 19.6. The number of ether oxygens (including phenoxy) is 1. The molecular weight excluding hydrogens is 408 g/mol. The lowest BCUT2D eigenvalue weighted by atomic mass is 9.82. The number of benzene rings is 2. The molecule has 1 spiro atoms. The first-order chi connectivity index (χ1) is 14.2. The average molecular weight is 421 g/mol. The lowest BCUT2D eigenvalue weighted by molar-refractivity contribution is -0.128. The van der Waals surface area contributed by atoms with E-state index in [-0.39, 0.29) is 5.78 Å². The molecule has 2 unspecified atom stereocenters. The van der Waals surface area contributed by atoms with Crippen molar-refractivity contribution in [2.75, 3.05) is 0 Å². The van der Waals surface area contributed by atoms with Gasteiger partial charge in [-0.1, -0.05) is 47.1 Å². The Balaban J connectivity index is 1.56. The smallest absolute Gasteiger partial charge is 0.353 e. The summed E-state index contributed by atoms with van der Waals surface area (Å²) < 4.78 is 6.15. The van der Waals surface area contributed by atoms with Crippen LogP contribution >= 0.6 is 22.9 Å². The number of ketones is 1. The van der Waals surface area contributed by atoms with Crippen LogP contribution in [0.1, 0.15) is 26.7 Å². The number of aromatic amines is 1. The monoisotopic (exact) mass is 420 g/mol. The van der Waals surface area contributed by atoms with Gasteiger partial charge in [0.25, 0.3) is 5.78 Å². The molecule has 0 fully saturated rings. The number of para-hydroxylation sites is 1. The van der Waals surface area contributed by atoms with Crippen molar-refractivity contribution >= 4 is 45.3 Å². The molecule has 2 aromatic heterocycles. The molecule has 4 heterocycles. The van der Waals surface area contributed by atoms with Crippen LogP contribution in [0.4, 0.5) is 0 Å². The molecule has 0 saturated heterocycles. The first-order valence-electron chi connectivity index (χ1n) is 9.07. The Morgan fingerprint density at radius 1 is 1.10 bits per heavy atom. The van der Waals surface area contributed by atoms with Crippen molar-refractivity contribution in [3.05, 3.63) is 87.2 Å². The minimum atomic E-state index is -1.54. The third-order valence-electron chi connectivity index (χ3n) is 5.42. The second-order valence-corrected chi connectivity index (χ2v) is 8.36. The predicted octanol–water partition coefficient (Wildman–Crippen LogP) is 5.37. The molecule has 2 aliphatic heterocycles. The number of nitrogens with one attached hydrogen (secondary N) is 1. The molecular formula is C22H13ClN2O3S. The largest absolute Gasteiger partial charge is 0.442 e. The highest BCUT2D eigenvalue weighted by Gasteiger charge is 2.63. The SMILES string of the molecule is O=C1c2sccc2OC12ON=C(c1ccc(Cl)cc1)C2c1c[nH]c2ccccc12. The number of oxime groups is 1. The Morgan fingerprint density at radius 3 is 2.76 bits per heavy atom. The van der Waals surface area contributed by atoms with Crippen molar-refractivity contribution < 1.29 is 14.4 Å². The van der Waals surface area contributed by atoms with E-state index in [1.54, 1.807) is 18.2 Å². The Labute approximate surface area is 174 Å². The molecule has 0 amide bonds. The zero-order valence-corrected chi connectivity index (χ0v) is 16.5. The van der Waals surface area contributed by atoms with E-state index in [4.69, 9.17) is 21.2 Å². The number of carbonyl (C=O) groups is 1. The third-order valence-corrected chi connectivity index (χ3v) is 6.57. The minimum Gasteiger partial charge on any atom is -0.442 e. The van der Waals surface area contributed by atoms with Gasteiger partial charge in [0.1, 0.15) is 22.3 Å². The molecule has 7 heteroatoms. The number of nitrogens with zero attached hydrogens (tertiary/aromatic N) is 1. The first kappa shape index (κ1) is 16.8. The standard InChI is InChI=1S/C22H13ClN2O3S/c23-13-7-5-12(6-8-13)19-18(15-11-24-16-4-2-1-3-14(15)16)22(28-25-19)21(26)20-17(27-22)9-10-29-20/h1-11,18,24H. The number of hydrogen-bond acceptors (Lipinski definition) is 5. The molecule has 0 radical (unpaired) electrons. The molecule has 2 aliphatic rings. The van der Waals surface area contributed by atoms with Crippen molar-refractivity contribution in [2.45, 2.75) is 11.7 Å². The summed E-state index contributed by atoms with van der Waals surface area (Å²) in [6, 6.07) is 17.1. The van der Waals surface area contributed by atoms with Gasteiger partial charge in [-0.2, -0.15) is 0 Å². The van der Waals surface area contributed by atoms with Crippen molar-refractivity contribution in [3.8, 4) is 5.75 Å². The fraction of sp³-hybridized carbons (Fsp3) is 0.0909. The van der Waals surface area contributed by atoms with Crippen molar-refractivity contribution in [3.63, 3.8) is 0 Å². The van der Waals surface area contributed by atoms with Gasteiger partial charge < -0.3 is 14.6 Å². The number of rotatable bonds is 2. The number of hydrogen-bond donors (Lipinski definition) is 1. The van der Waals surface area contributed by atoms with E-state index in [0.29, 0.717) is 21.4 Å². The highest BCUT2D eigenvalue weighted by atomic mass is 35.5. The van der Waals surface area contributed by atoms with Crippen LogP contribution < -0.4 is 4.74 Å². The Kier molecular flexibility index (Phi) is 3.45. The first-order valence-corrected chi connectivity index (χ1v) is 10.3. The highest BCUT2D eigenvalue weighted by Crippen LogP contribution is 2.51. The maximum atomic E-state index is 13.4. The van der Waals surface area contributed by atoms with Crippen LogP contribution in [0.2, 0.25) is 5.02 Å². The molecule has 2 atom stereocenters. The molecule has 0 bridgehead atoms. The summed E-state index contributed by atoms with van der Waals surface area (Å²) in [5.41, 5.74) is 3.33. The number of aromatic nitrogens is 1. The van der Waals surface area contributed by atoms with Gasteiger partial charge in [0, 0.05) is 27.7 Å². The van der Waals surface area contributed by atoms with Crippen LogP contribution in [0.15, 0.2) is 71.3 Å². The van der Waals surface area contributed by atoms with E-state index in [9.17, 15) is 4.79 Å². The normalized spacial score (nSPS) is 22.6. The molecule has 29 heavy (non-hydrogen) atoms. The Bertz CT molecular complexity index is 1310. The van der Waals surface area contributed by atoms with E-state index in [1.165, 1.54) is 11.3 Å². The van der Waals surface area contributed by atoms with Gasteiger partial charge in [0.15, 0.2) is 0 Å². The van der Waals surface area contributed by atoms with E-state index < -0.39 is 11.7 Å². The van der Waals surface area contributed by atoms with E-state index in [0.717, 1.165) is 22.0 Å². The maximum Gasteiger partial charge on any atom is 0.353 e. The van der Waals surface area contributed by atoms with Gasteiger partial charge in [0.05, 0.1) is 0 Å². The van der Waals surface area contributed by atoms with Crippen molar-refractivity contribution in [1.82, 2.24) is 4.98 Å². The van der Waals surface area contributed by atoms with E-state index >= 15 is 0 Å². The van der Waals surface area contributed by atoms with Gasteiger partial charge >= 0.3 is 5.79 Å². The Hall–Kier alpha value is -3.09. The summed E-state index contributed by atoms with van der Waals surface area (Å²) in [6.07, 6.45) is 1.90. The maximum absolute atomic E-state index is 13.4. The molecule has 4 aromatic rings. The molecule has 5 nitrogen and oxygen atoms in total. The number of carbonyl (C=O) groups excluding carboxylic acids is 1. The van der Waals surface area contributed by atoms with Crippen LogP contribution in [-0.4, -0.2) is 22.3 Å². The summed E-state index contributed by atoms with van der Waals surface area (Å²) in [6.45, 7) is 0. The number of Topliss-reactive ketones (excluding diaryl/α,β-unsaturated/α-hetero) is 1. The van der Waals surface area contributed by atoms with Crippen LogP contribution in [0.25, 0.3) is 10.9 Å². The second-order valence-electron chi connectivity index (χ2n) is 7.01. The molecule has 0 saturated carbocycles. The third kappa shape index (κ3) is 2.27. The van der Waals surface area contributed by atoms with Gasteiger partial charge in [-0.15, -0.1) is 11.3 Å². The number of fused-ring (bicyclic) bond motifs is 2. The van der Waals surface area contributed by atoms with Gasteiger partial charge in [-0.3, -0.25) is 4.79 Å². The lowest BCUT2D eigenvalue weighted by Crippen LogP contribution is -2.46. The number of H-pyrrole nitrogens is 1. The molecule has 0 aliphatic carbocycles. The quantitative estimate of drug-likeness (QED) is 0.474. The van der Waals surface area contributed by atoms with Gasteiger partial charge in [-0.25, -0.2) is 0 Å². The van der Waals surface area contributed by atoms with Crippen LogP contribution in [0.3, 0.4) is 0 Å². The average Bonchev–Trinajstić information content (AvgIpc) is 3.49. The summed E-state index contributed by atoms with van der Waals surface area (Å²) in [4.78, 5) is 23.1. The molecule has 2 aromatic carbocycles. The predicted molar refractivity (Wildman–Crippen MR) is 112 cm³/mol. The number of thiophene rings is 1. The Morgan fingerprint density at radius 2 is 1.93 bits per heavy atom. The van der Waals surface area contributed by atoms with E-state index in [1.807, 2.05) is 48.0 Å². The topological polar surface area (TPSA) is 63.7 Å². The van der Waals surface area contributed by atoms with Crippen LogP contribution in [-0.2, 0) is 4.84 Å². The zero-order valence-electron chi connectivity index (χ0n) is 14.9. The van der Waals surface area contributed by atoms with Gasteiger partial charge in [-0.05, 0) is 35.2 Å². The molecule has 142 valence electrons. The van der Waals surface area contributed by atoms with E-state index in [2.05, 4.69) is 10.1 Å². The summed E-state index contributed by atoms with van der Waals surface area (Å²) in [7, 11) is 0. The van der Waals surface area contributed by atoms with Crippen molar-refractivity contribution in [2.24, 2.45) is 5.16 Å². The fourth-order valence-electron chi connectivity index (χ4n) is 4.09. The van der Waals surface area contributed by atoms with Crippen LogP contribution in [0.5, 0.6) is 5.75 Å². The van der Waals surface area contributed by atoms with Crippen LogP contribution in [0, 0.1) is 0 Å². The second kappa shape index (κ2) is 5.95. The molecule has 6 rings (SSSR count). The van der Waals surface area contributed by atoms with Gasteiger partial charge in [0.2, 0.25) is 0 Å². The summed E-state index contributed by atoms with van der Waals surface area (Å²) in [5, 5.41) is 7.81. The summed E-state index contributed by atoms with van der Waals surface area (Å²) in [5.74, 6) is -1.74. The fourth-order valence-corrected chi connectivity index (χ4v) is 5.02. The summed E-state index contributed by atoms with van der Waals surface area (Å²) >= 11 is 7.42. The molecule has 1 N–H and O–H groups in total.